The first-order chi connectivity index (χ1) is 8.09. The summed E-state index contributed by atoms with van der Waals surface area (Å²) < 4.78 is 13.5. The highest BCUT2D eigenvalue weighted by Crippen LogP contribution is 2.23. The summed E-state index contributed by atoms with van der Waals surface area (Å²) in [4.78, 5) is 0. The van der Waals surface area contributed by atoms with Crippen LogP contribution in [-0.2, 0) is 0 Å². The molecule has 0 aliphatic carbocycles. The van der Waals surface area contributed by atoms with Gasteiger partial charge in [-0.3, -0.25) is 0 Å². The van der Waals surface area contributed by atoms with Crippen LogP contribution in [0.25, 0.3) is 0 Å². The number of benzene rings is 2. The average Bonchev–Trinajstić information content (AvgIpc) is 2.32. The van der Waals surface area contributed by atoms with Gasteiger partial charge in [-0.15, -0.1) is 0 Å². The van der Waals surface area contributed by atoms with Gasteiger partial charge in [-0.1, -0.05) is 36.4 Å². The summed E-state index contributed by atoms with van der Waals surface area (Å²) in [6, 6.07) is 12.8. The molecule has 0 aliphatic rings. The lowest BCUT2D eigenvalue weighted by Gasteiger charge is -2.15. The number of rotatable bonds is 2. The van der Waals surface area contributed by atoms with E-state index < -0.39 is 0 Å². The second-order valence-electron chi connectivity index (χ2n) is 4.34. The first kappa shape index (κ1) is 11.8. The molecule has 17 heavy (non-hydrogen) atoms. The zero-order valence-corrected chi connectivity index (χ0v) is 10.1. The Morgan fingerprint density at radius 3 is 2.35 bits per heavy atom. The molecule has 0 spiro atoms. The van der Waals surface area contributed by atoms with E-state index in [4.69, 9.17) is 5.73 Å². The Kier molecular flexibility index (Phi) is 3.25. The molecule has 2 heteroatoms. The molecule has 2 aromatic rings. The van der Waals surface area contributed by atoms with Crippen molar-refractivity contribution >= 4 is 0 Å². The maximum absolute atomic E-state index is 13.5. The third kappa shape index (κ3) is 2.37. The fourth-order valence-electron chi connectivity index (χ4n) is 1.92. The van der Waals surface area contributed by atoms with E-state index in [1.54, 1.807) is 13.0 Å². The summed E-state index contributed by atoms with van der Waals surface area (Å²) in [5, 5.41) is 0. The van der Waals surface area contributed by atoms with Gasteiger partial charge in [-0.25, -0.2) is 4.39 Å². The Balaban J connectivity index is 2.40. The molecule has 2 rings (SSSR count). The molecule has 0 saturated carbocycles. The Morgan fingerprint density at radius 1 is 1.00 bits per heavy atom. The largest absolute Gasteiger partial charge is 0.320 e. The van der Waals surface area contributed by atoms with Crippen LogP contribution in [0.15, 0.2) is 42.5 Å². The van der Waals surface area contributed by atoms with E-state index in [0.29, 0.717) is 5.56 Å². The number of hydrogen-bond donors (Lipinski definition) is 1. The Bertz CT molecular complexity index is 534. The molecule has 0 radical (unpaired) electrons. The highest BCUT2D eigenvalue weighted by molar-refractivity contribution is 5.37. The number of aryl methyl sites for hydroxylation is 2. The quantitative estimate of drug-likeness (QED) is 0.838. The minimum atomic E-state index is -0.272. The maximum atomic E-state index is 13.5. The van der Waals surface area contributed by atoms with Crippen LogP contribution in [0.1, 0.15) is 28.3 Å². The molecule has 1 nitrogen and oxygen atoms in total. The molecule has 1 unspecified atom stereocenters. The summed E-state index contributed by atoms with van der Waals surface area (Å²) in [5.74, 6) is -0.202. The van der Waals surface area contributed by atoms with Crippen LogP contribution >= 0.6 is 0 Å². The zero-order valence-electron chi connectivity index (χ0n) is 10.1. The maximum Gasteiger partial charge on any atom is 0.126 e. The lowest BCUT2D eigenvalue weighted by molar-refractivity contribution is 0.614. The number of halogens is 1. The lowest BCUT2D eigenvalue weighted by atomic mass is 9.95. The molecule has 0 saturated heterocycles. The third-order valence-corrected chi connectivity index (χ3v) is 3.08. The SMILES string of the molecule is Cc1ccc(C(N)c2ccccc2C)cc1F. The van der Waals surface area contributed by atoms with Gasteiger partial charge in [0.05, 0.1) is 6.04 Å². The topological polar surface area (TPSA) is 26.0 Å². The smallest absolute Gasteiger partial charge is 0.126 e. The molecule has 2 aromatic carbocycles. The molecule has 0 amide bonds. The molecule has 0 aliphatic heterocycles. The van der Waals surface area contributed by atoms with Crippen molar-refractivity contribution in [2.24, 2.45) is 5.73 Å². The van der Waals surface area contributed by atoms with E-state index >= 15 is 0 Å². The first-order valence-electron chi connectivity index (χ1n) is 5.67. The van der Waals surface area contributed by atoms with Gasteiger partial charge in [0.1, 0.15) is 5.82 Å². The standard InChI is InChI=1S/C15H16FN/c1-10-5-3-4-6-13(10)15(17)12-8-7-11(2)14(16)9-12/h3-9,15H,17H2,1-2H3. The van der Waals surface area contributed by atoms with Gasteiger partial charge in [0.2, 0.25) is 0 Å². The van der Waals surface area contributed by atoms with E-state index in [-0.39, 0.29) is 11.9 Å². The van der Waals surface area contributed by atoms with Gasteiger partial charge in [-0.2, -0.15) is 0 Å². The van der Waals surface area contributed by atoms with Gasteiger partial charge in [0, 0.05) is 0 Å². The molecule has 0 bridgehead atoms. The molecule has 88 valence electrons. The summed E-state index contributed by atoms with van der Waals surface area (Å²) in [7, 11) is 0. The van der Waals surface area contributed by atoms with Crippen LogP contribution in [0.4, 0.5) is 4.39 Å². The van der Waals surface area contributed by atoms with Crippen LogP contribution in [-0.4, -0.2) is 0 Å². The molecule has 0 aromatic heterocycles. The van der Waals surface area contributed by atoms with E-state index in [2.05, 4.69) is 0 Å². The normalized spacial score (nSPS) is 12.5. The van der Waals surface area contributed by atoms with Gasteiger partial charge >= 0.3 is 0 Å². The minimum absolute atomic E-state index is 0.202. The fourth-order valence-corrected chi connectivity index (χ4v) is 1.92. The predicted molar refractivity (Wildman–Crippen MR) is 68.3 cm³/mol. The predicted octanol–water partition coefficient (Wildman–Crippen LogP) is 3.49. The highest BCUT2D eigenvalue weighted by Gasteiger charge is 2.12. The van der Waals surface area contributed by atoms with Gasteiger partial charge in [0.25, 0.3) is 0 Å². The minimum Gasteiger partial charge on any atom is -0.320 e. The Labute approximate surface area is 101 Å². The van der Waals surface area contributed by atoms with Crippen molar-refractivity contribution in [1.82, 2.24) is 0 Å². The Hall–Kier alpha value is -1.67. The van der Waals surface area contributed by atoms with Crippen LogP contribution < -0.4 is 5.73 Å². The molecular formula is C15H16FN. The van der Waals surface area contributed by atoms with Gasteiger partial charge < -0.3 is 5.73 Å². The zero-order chi connectivity index (χ0) is 12.4. The second kappa shape index (κ2) is 4.68. The highest BCUT2D eigenvalue weighted by atomic mass is 19.1. The third-order valence-electron chi connectivity index (χ3n) is 3.08. The van der Waals surface area contributed by atoms with Crippen LogP contribution in [0.5, 0.6) is 0 Å². The van der Waals surface area contributed by atoms with E-state index in [1.807, 2.05) is 37.3 Å². The van der Waals surface area contributed by atoms with Crippen molar-refractivity contribution < 1.29 is 4.39 Å². The van der Waals surface area contributed by atoms with Gasteiger partial charge in [-0.05, 0) is 42.2 Å². The van der Waals surface area contributed by atoms with Crippen LogP contribution in [0, 0.1) is 19.7 Å². The van der Waals surface area contributed by atoms with Crippen molar-refractivity contribution in [3.8, 4) is 0 Å². The monoisotopic (exact) mass is 229 g/mol. The van der Waals surface area contributed by atoms with Crippen molar-refractivity contribution in [3.63, 3.8) is 0 Å². The first-order valence-corrected chi connectivity index (χ1v) is 5.67. The van der Waals surface area contributed by atoms with Crippen molar-refractivity contribution in [3.05, 3.63) is 70.5 Å². The average molecular weight is 229 g/mol. The van der Waals surface area contributed by atoms with Crippen molar-refractivity contribution in [1.29, 1.82) is 0 Å². The van der Waals surface area contributed by atoms with Gasteiger partial charge in [0.15, 0.2) is 0 Å². The molecule has 2 N–H and O–H groups in total. The Morgan fingerprint density at radius 2 is 1.71 bits per heavy atom. The summed E-state index contributed by atoms with van der Waals surface area (Å²) in [6.45, 7) is 3.76. The van der Waals surface area contributed by atoms with E-state index in [0.717, 1.165) is 16.7 Å². The molecule has 0 fully saturated rings. The fraction of sp³-hybridized carbons (Fsp3) is 0.200. The molecule has 0 heterocycles. The molecular weight excluding hydrogens is 213 g/mol. The van der Waals surface area contributed by atoms with Crippen molar-refractivity contribution in [2.75, 3.05) is 0 Å². The summed E-state index contributed by atoms with van der Waals surface area (Å²) in [5.41, 5.74) is 9.79. The van der Waals surface area contributed by atoms with E-state index in [1.165, 1.54) is 6.07 Å². The van der Waals surface area contributed by atoms with Crippen LogP contribution in [0.2, 0.25) is 0 Å². The molecule has 1 atom stereocenters. The van der Waals surface area contributed by atoms with E-state index in [9.17, 15) is 4.39 Å². The summed E-state index contributed by atoms with van der Waals surface area (Å²) >= 11 is 0. The summed E-state index contributed by atoms with van der Waals surface area (Å²) in [6.07, 6.45) is 0. The van der Waals surface area contributed by atoms with Crippen LogP contribution in [0.3, 0.4) is 0 Å². The number of nitrogens with two attached hydrogens (primary N) is 1. The lowest BCUT2D eigenvalue weighted by Crippen LogP contribution is -2.13. The number of hydrogen-bond acceptors (Lipinski definition) is 1. The van der Waals surface area contributed by atoms with Crippen molar-refractivity contribution in [2.45, 2.75) is 19.9 Å². The second-order valence-corrected chi connectivity index (χ2v) is 4.34.